The highest BCUT2D eigenvalue weighted by atomic mass is 32.2. The highest BCUT2D eigenvalue weighted by Gasteiger charge is 2.13. The third-order valence-corrected chi connectivity index (χ3v) is 4.42. The van der Waals surface area contributed by atoms with Gasteiger partial charge in [0.1, 0.15) is 0 Å². The van der Waals surface area contributed by atoms with Crippen molar-refractivity contribution in [3.8, 4) is 0 Å². The Morgan fingerprint density at radius 3 is 2.18 bits per heavy atom. The highest BCUT2D eigenvalue weighted by molar-refractivity contribution is 7.92. The molecular formula is C15H16N2O4S. The zero-order valence-electron chi connectivity index (χ0n) is 11.9. The van der Waals surface area contributed by atoms with Gasteiger partial charge in [0.25, 0.3) is 10.0 Å². The van der Waals surface area contributed by atoms with E-state index in [-0.39, 0.29) is 11.3 Å². The molecule has 0 aliphatic rings. The Hall–Kier alpha value is -2.38. The lowest BCUT2D eigenvalue weighted by Crippen LogP contribution is -2.20. The first-order valence-electron chi connectivity index (χ1n) is 6.52. The fraction of sp³-hybridized carbons (Fsp3) is 0.133. The third-order valence-electron chi connectivity index (χ3n) is 3.03. The van der Waals surface area contributed by atoms with Gasteiger partial charge in [-0.2, -0.15) is 0 Å². The standard InChI is InChI=1S/C15H16N2O4S/c1-11-2-8-14(9-3-11)22(20,21)17-13-6-4-12(5-7-13)10-15(18)16-19/h2-9,17,19H,10H2,1H3,(H,16,18). The highest BCUT2D eigenvalue weighted by Crippen LogP contribution is 2.17. The summed E-state index contributed by atoms with van der Waals surface area (Å²) >= 11 is 0. The van der Waals surface area contributed by atoms with E-state index in [0.29, 0.717) is 11.3 Å². The average Bonchev–Trinajstić information content (AvgIpc) is 2.49. The number of rotatable bonds is 5. The molecule has 0 aromatic heterocycles. The molecule has 0 unspecified atom stereocenters. The van der Waals surface area contributed by atoms with Crippen molar-refractivity contribution in [3.63, 3.8) is 0 Å². The topological polar surface area (TPSA) is 95.5 Å². The SMILES string of the molecule is Cc1ccc(S(=O)(=O)Nc2ccc(CC(=O)NO)cc2)cc1. The summed E-state index contributed by atoms with van der Waals surface area (Å²) in [5, 5.41) is 8.46. The van der Waals surface area contributed by atoms with E-state index in [1.165, 1.54) is 12.1 Å². The lowest BCUT2D eigenvalue weighted by atomic mass is 10.1. The van der Waals surface area contributed by atoms with E-state index in [2.05, 4.69) is 4.72 Å². The van der Waals surface area contributed by atoms with Gasteiger partial charge < -0.3 is 0 Å². The van der Waals surface area contributed by atoms with Gasteiger partial charge in [-0.25, -0.2) is 13.9 Å². The van der Waals surface area contributed by atoms with Crippen LogP contribution in [0.5, 0.6) is 0 Å². The van der Waals surface area contributed by atoms with Crippen molar-refractivity contribution in [1.29, 1.82) is 0 Å². The molecule has 2 rings (SSSR count). The van der Waals surface area contributed by atoms with Crippen LogP contribution in [0.4, 0.5) is 5.69 Å². The largest absolute Gasteiger partial charge is 0.289 e. The van der Waals surface area contributed by atoms with E-state index in [1.807, 2.05) is 6.92 Å². The monoisotopic (exact) mass is 320 g/mol. The van der Waals surface area contributed by atoms with Gasteiger partial charge >= 0.3 is 0 Å². The van der Waals surface area contributed by atoms with Gasteiger partial charge in [-0.1, -0.05) is 29.8 Å². The van der Waals surface area contributed by atoms with Gasteiger partial charge in [0.05, 0.1) is 11.3 Å². The minimum Gasteiger partial charge on any atom is -0.289 e. The Morgan fingerprint density at radius 1 is 1.05 bits per heavy atom. The van der Waals surface area contributed by atoms with Crippen LogP contribution in [0.1, 0.15) is 11.1 Å². The summed E-state index contributed by atoms with van der Waals surface area (Å²) in [4.78, 5) is 11.2. The van der Waals surface area contributed by atoms with Crippen molar-refractivity contribution < 1.29 is 18.4 Å². The van der Waals surface area contributed by atoms with E-state index in [4.69, 9.17) is 5.21 Å². The lowest BCUT2D eigenvalue weighted by Gasteiger charge is -2.09. The molecule has 0 fully saturated rings. The van der Waals surface area contributed by atoms with Gasteiger partial charge in [-0.15, -0.1) is 0 Å². The van der Waals surface area contributed by atoms with Crippen LogP contribution < -0.4 is 10.2 Å². The number of hydroxylamine groups is 1. The molecule has 0 spiro atoms. The second-order valence-corrected chi connectivity index (χ2v) is 6.51. The second kappa shape index (κ2) is 6.59. The molecule has 0 aliphatic carbocycles. The van der Waals surface area contributed by atoms with E-state index < -0.39 is 15.9 Å². The van der Waals surface area contributed by atoms with Crippen molar-refractivity contribution in [2.75, 3.05) is 4.72 Å². The van der Waals surface area contributed by atoms with Gasteiger partial charge in [-0.3, -0.25) is 14.7 Å². The van der Waals surface area contributed by atoms with Crippen molar-refractivity contribution in [1.82, 2.24) is 5.48 Å². The Balaban J connectivity index is 2.13. The number of carbonyl (C=O) groups excluding carboxylic acids is 1. The van der Waals surface area contributed by atoms with E-state index in [0.717, 1.165) is 5.56 Å². The van der Waals surface area contributed by atoms with Crippen LogP contribution in [0.3, 0.4) is 0 Å². The number of nitrogens with one attached hydrogen (secondary N) is 2. The maximum atomic E-state index is 12.2. The van der Waals surface area contributed by atoms with Crippen LogP contribution in [-0.2, 0) is 21.2 Å². The van der Waals surface area contributed by atoms with Crippen molar-refractivity contribution in [3.05, 3.63) is 59.7 Å². The fourth-order valence-corrected chi connectivity index (χ4v) is 2.91. The molecule has 3 N–H and O–H groups in total. The van der Waals surface area contributed by atoms with E-state index in [1.54, 1.807) is 41.9 Å². The fourth-order valence-electron chi connectivity index (χ4n) is 1.85. The van der Waals surface area contributed by atoms with Crippen molar-refractivity contribution in [2.24, 2.45) is 0 Å². The van der Waals surface area contributed by atoms with E-state index in [9.17, 15) is 13.2 Å². The Labute approximate surface area is 128 Å². The van der Waals surface area contributed by atoms with Gasteiger partial charge in [0.15, 0.2) is 0 Å². The van der Waals surface area contributed by atoms with Crippen LogP contribution in [0, 0.1) is 6.92 Å². The van der Waals surface area contributed by atoms with E-state index >= 15 is 0 Å². The third kappa shape index (κ3) is 4.06. The first kappa shape index (κ1) is 16.0. The summed E-state index contributed by atoms with van der Waals surface area (Å²) in [7, 11) is -3.64. The van der Waals surface area contributed by atoms with Gasteiger partial charge in [-0.05, 0) is 36.8 Å². The number of anilines is 1. The number of hydrogen-bond donors (Lipinski definition) is 3. The van der Waals surface area contributed by atoms with Crippen molar-refractivity contribution in [2.45, 2.75) is 18.2 Å². The van der Waals surface area contributed by atoms with Crippen LogP contribution in [0.15, 0.2) is 53.4 Å². The molecule has 0 radical (unpaired) electrons. The van der Waals surface area contributed by atoms with Crippen LogP contribution in [0.2, 0.25) is 0 Å². The molecule has 22 heavy (non-hydrogen) atoms. The number of hydrogen-bond acceptors (Lipinski definition) is 4. The number of sulfonamides is 1. The molecular weight excluding hydrogens is 304 g/mol. The lowest BCUT2D eigenvalue weighted by molar-refractivity contribution is -0.128. The molecule has 6 nitrogen and oxygen atoms in total. The van der Waals surface area contributed by atoms with Gasteiger partial charge in [0.2, 0.25) is 5.91 Å². The van der Waals surface area contributed by atoms with Gasteiger partial charge in [0, 0.05) is 5.69 Å². The molecule has 2 aromatic carbocycles. The first-order valence-corrected chi connectivity index (χ1v) is 8.00. The summed E-state index contributed by atoms with van der Waals surface area (Å²) in [5.41, 5.74) is 3.57. The smallest absolute Gasteiger partial charge is 0.261 e. The molecule has 0 bridgehead atoms. The molecule has 1 amide bonds. The molecule has 0 atom stereocenters. The number of benzene rings is 2. The second-order valence-electron chi connectivity index (χ2n) is 4.83. The quantitative estimate of drug-likeness (QED) is 0.578. The Morgan fingerprint density at radius 2 is 1.64 bits per heavy atom. The molecule has 0 aliphatic heterocycles. The predicted octanol–water partition coefficient (Wildman–Crippen LogP) is 1.84. The minimum atomic E-state index is -3.64. The summed E-state index contributed by atoms with van der Waals surface area (Å²) in [5.74, 6) is -0.534. The minimum absolute atomic E-state index is 0.0154. The summed E-state index contributed by atoms with van der Waals surface area (Å²) in [6, 6.07) is 12.9. The summed E-state index contributed by atoms with van der Waals surface area (Å²) in [6.45, 7) is 1.88. The average molecular weight is 320 g/mol. The number of aryl methyl sites for hydroxylation is 1. The van der Waals surface area contributed by atoms with Crippen LogP contribution >= 0.6 is 0 Å². The Bertz CT molecular complexity index is 753. The maximum absolute atomic E-state index is 12.2. The zero-order valence-corrected chi connectivity index (χ0v) is 12.7. The normalized spacial score (nSPS) is 11.0. The molecule has 0 heterocycles. The molecule has 2 aromatic rings. The molecule has 116 valence electrons. The molecule has 0 saturated carbocycles. The Kier molecular flexibility index (Phi) is 4.79. The zero-order chi connectivity index (χ0) is 16.2. The van der Waals surface area contributed by atoms with Crippen LogP contribution in [0.25, 0.3) is 0 Å². The molecule has 7 heteroatoms. The first-order chi connectivity index (χ1) is 10.4. The van der Waals surface area contributed by atoms with Crippen molar-refractivity contribution >= 4 is 21.6 Å². The molecule has 0 saturated heterocycles. The maximum Gasteiger partial charge on any atom is 0.261 e. The number of carbonyl (C=O) groups is 1. The number of amides is 1. The van der Waals surface area contributed by atoms with Crippen LogP contribution in [-0.4, -0.2) is 19.5 Å². The summed E-state index contributed by atoms with van der Waals surface area (Å²) < 4.78 is 26.9. The predicted molar refractivity (Wildman–Crippen MR) is 82.1 cm³/mol. The summed E-state index contributed by atoms with van der Waals surface area (Å²) in [6.07, 6.45) is 0.0154.